The van der Waals surface area contributed by atoms with Crippen LogP contribution in [0.25, 0.3) is 44.2 Å². The predicted molar refractivity (Wildman–Crippen MR) is 132 cm³/mol. The molecule has 6 rings (SSSR count). The van der Waals surface area contributed by atoms with Gasteiger partial charge >= 0.3 is 0 Å². The maximum atomic E-state index is 14.7. The van der Waals surface area contributed by atoms with Crippen LogP contribution < -0.4 is 0 Å². The fourth-order valence-corrected chi connectivity index (χ4v) is 5.36. The van der Waals surface area contributed by atoms with E-state index in [1.54, 1.807) is 10.7 Å². The Hall–Kier alpha value is -3.98. The standard InChI is InChI=1S/C28H24FN5/c1-33-17-22-12-20(8-9-25(22)32-33)28-27(19-6-7-21(14-30)24(29)13-19)23-10-11-34(26(23)15-31-28)16-18-4-2-3-5-18/h6-13,15,17-18H,2-5,16H2,1H3. The summed E-state index contributed by atoms with van der Waals surface area (Å²) < 4.78 is 18.8. The minimum atomic E-state index is -0.518. The molecule has 34 heavy (non-hydrogen) atoms. The van der Waals surface area contributed by atoms with Gasteiger partial charge in [0.15, 0.2) is 0 Å². The first kappa shape index (κ1) is 20.6. The number of fused-ring (bicyclic) bond motifs is 2. The lowest BCUT2D eigenvalue weighted by atomic mass is 9.95. The molecule has 0 amide bonds. The van der Waals surface area contributed by atoms with Crippen molar-refractivity contribution in [1.82, 2.24) is 19.3 Å². The van der Waals surface area contributed by atoms with Gasteiger partial charge in [0.05, 0.1) is 28.5 Å². The zero-order chi connectivity index (χ0) is 23.2. The third-order valence-corrected chi connectivity index (χ3v) is 7.03. The van der Waals surface area contributed by atoms with Crippen LogP contribution >= 0.6 is 0 Å². The molecule has 3 aromatic heterocycles. The van der Waals surface area contributed by atoms with Crippen LogP contribution in [0.4, 0.5) is 4.39 Å². The molecule has 168 valence electrons. The normalized spacial score (nSPS) is 14.3. The minimum Gasteiger partial charge on any atom is -0.346 e. The van der Waals surface area contributed by atoms with Gasteiger partial charge in [0.2, 0.25) is 0 Å². The second-order valence-electron chi connectivity index (χ2n) is 9.28. The van der Waals surface area contributed by atoms with E-state index in [1.165, 1.54) is 31.7 Å². The van der Waals surface area contributed by atoms with Crippen molar-refractivity contribution in [3.8, 4) is 28.5 Å². The van der Waals surface area contributed by atoms with Gasteiger partial charge in [-0.2, -0.15) is 10.4 Å². The van der Waals surface area contributed by atoms with E-state index >= 15 is 0 Å². The third-order valence-electron chi connectivity index (χ3n) is 7.03. The first-order valence-corrected chi connectivity index (χ1v) is 11.7. The highest BCUT2D eigenvalue weighted by atomic mass is 19.1. The highest BCUT2D eigenvalue weighted by Gasteiger charge is 2.20. The number of rotatable bonds is 4. The number of hydrogen-bond acceptors (Lipinski definition) is 3. The van der Waals surface area contributed by atoms with Crippen molar-refractivity contribution < 1.29 is 4.39 Å². The Morgan fingerprint density at radius 2 is 1.91 bits per heavy atom. The zero-order valence-corrected chi connectivity index (χ0v) is 19.0. The van der Waals surface area contributed by atoms with Crippen molar-refractivity contribution in [2.45, 2.75) is 32.2 Å². The van der Waals surface area contributed by atoms with Crippen molar-refractivity contribution in [2.24, 2.45) is 13.0 Å². The van der Waals surface area contributed by atoms with Gasteiger partial charge in [-0.1, -0.05) is 25.0 Å². The molecule has 0 bridgehead atoms. The van der Waals surface area contributed by atoms with Crippen LogP contribution in [0, 0.1) is 23.1 Å². The van der Waals surface area contributed by atoms with E-state index in [0.29, 0.717) is 5.92 Å². The molecule has 5 aromatic rings. The van der Waals surface area contributed by atoms with Crippen LogP contribution in [-0.2, 0) is 13.6 Å². The lowest BCUT2D eigenvalue weighted by Gasteiger charge is -2.15. The van der Waals surface area contributed by atoms with Crippen molar-refractivity contribution in [1.29, 1.82) is 5.26 Å². The Morgan fingerprint density at radius 1 is 1.09 bits per heavy atom. The zero-order valence-electron chi connectivity index (χ0n) is 19.0. The van der Waals surface area contributed by atoms with E-state index in [1.807, 2.05) is 43.7 Å². The summed E-state index contributed by atoms with van der Waals surface area (Å²) in [5.41, 5.74) is 5.36. The average Bonchev–Trinajstić information content (AvgIpc) is 3.58. The lowest BCUT2D eigenvalue weighted by molar-refractivity contribution is 0.466. The summed E-state index contributed by atoms with van der Waals surface area (Å²) in [6.07, 6.45) is 11.2. The molecule has 3 heterocycles. The molecular formula is C28H24FN5. The predicted octanol–water partition coefficient (Wildman–Crippen LogP) is 6.46. The number of hydrogen-bond donors (Lipinski definition) is 0. The summed E-state index contributed by atoms with van der Waals surface area (Å²) in [6.45, 7) is 0.980. The molecule has 0 radical (unpaired) electrons. The van der Waals surface area contributed by atoms with Crippen LogP contribution in [0.2, 0.25) is 0 Å². The Kier molecular flexibility index (Phi) is 4.91. The smallest absolute Gasteiger partial charge is 0.141 e. The largest absolute Gasteiger partial charge is 0.346 e. The van der Waals surface area contributed by atoms with Gasteiger partial charge in [0, 0.05) is 47.9 Å². The molecule has 0 N–H and O–H groups in total. The van der Waals surface area contributed by atoms with Crippen LogP contribution in [0.15, 0.2) is 61.1 Å². The molecule has 1 fully saturated rings. The fourth-order valence-electron chi connectivity index (χ4n) is 5.36. The van der Waals surface area contributed by atoms with Crippen molar-refractivity contribution in [3.63, 3.8) is 0 Å². The summed E-state index contributed by atoms with van der Waals surface area (Å²) in [5.74, 6) is 0.176. The van der Waals surface area contributed by atoms with Crippen LogP contribution in [0.3, 0.4) is 0 Å². The van der Waals surface area contributed by atoms with E-state index in [2.05, 4.69) is 28.0 Å². The summed E-state index contributed by atoms with van der Waals surface area (Å²) in [6, 6.07) is 14.9. The number of aryl methyl sites for hydroxylation is 1. The molecule has 0 aliphatic heterocycles. The molecule has 0 unspecified atom stereocenters. The van der Waals surface area contributed by atoms with E-state index in [4.69, 9.17) is 4.98 Å². The number of nitriles is 1. The van der Waals surface area contributed by atoms with E-state index < -0.39 is 5.82 Å². The van der Waals surface area contributed by atoms with E-state index in [-0.39, 0.29) is 5.56 Å². The molecule has 1 aliphatic carbocycles. The summed E-state index contributed by atoms with van der Waals surface area (Å²) >= 11 is 0. The maximum Gasteiger partial charge on any atom is 0.141 e. The fraction of sp³-hybridized carbons (Fsp3) is 0.250. The van der Waals surface area contributed by atoms with Gasteiger partial charge in [0.25, 0.3) is 0 Å². The molecule has 5 nitrogen and oxygen atoms in total. The Labute approximate surface area is 197 Å². The molecule has 1 aliphatic rings. The molecular weight excluding hydrogens is 425 g/mol. The Bertz CT molecular complexity index is 1580. The number of nitrogens with zero attached hydrogens (tertiary/aromatic N) is 5. The van der Waals surface area contributed by atoms with Crippen LogP contribution in [0.1, 0.15) is 31.2 Å². The molecule has 6 heteroatoms. The van der Waals surface area contributed by atoms with Gasteiger partial charge in [-0.05, 0) is 54.7 Å². The van der Waals surface area contributed by atoms with E-state index in [9.17, 15) is 9.65 Å². The van der Waals surface area contributed by atoms with Crippen molar-refractivity contribution in [2.75, 3.05) is 0 Å². The SMILES string of the molecule is Cn1cc2cc(-c3ncc4c(ccn4CC4CCCC4)c3-c3ccc(C#N)c(F)c3)ccc2n1. The quantitative estimate of drug-likeness (QED) is 0.316. The number of pyridine rings is 1. The second kappa shape index (κ2) is 8.11. The number of aromatic nitrogens is 4. The molecule has 2 aromatic carbocycles. The van der Waals surface area contributed by atoms with Crippen LogP contribution in [0.5, 0.6) is 0 Å². The maximum absolute atomic E-state index is 14.7. The molecule has 0 atom stereocenters. The minimum absolute atomic E-state index is 0.0426. The second-order valence-corrected chi connectivity index (χ2v) is 9.28. The highest BCUT2D eigenvalue weighted by Crippen LogP contribution is 2.39. The monoisotopic (exact) mass is 449 g/mol. The van der Waals surface area contributed by atoms with Gasteiger partial charge in [0.1, 0.15) is 11.9 Å². The van der Waals surface area contributed by atoms with Gasteiger partial charge in [-0.3, -0.25) is 9.67 Å². The first-order chi connectivity index (χ1) is 16.6. The van der Waals surface area contributed by atoms with E-state index in [0.717, 1.165) is 50.7 Å². The molecule has 0 spiro atoms. The molecule has 1 saturated carbocycles. The summed E-state index contributed by atoms with van der Waals surface area (Å²) in [4.78, 5) is 4.91. The van der Waals surface area contributed by atoms with Crippen molar-refractivity contribution >= 4 is 21.8 Å². The average molecular weight is 450 g/mol. The lowest BCUT2D eigenvalue weighted by Crippen LogP contribution is -2.06. The van der Waals surface area contributed by atoms with Gasteiger partial charge < -0.3 is 4.57 Å². The third kappa shape index (κ3) is 3.45. The molecule has 0 saturated heterocycles. The van der Waals surface area contributed by atoms with Crippen molar-refractivity contribution in [3.05, 3.63) is 72.4 Å². The summed E-state index contributed by atoms with van der Waals surface area (Å²) in [7, 11) is 1.90. The highest BCUT2D eigenvalue weighted by molar-refractivity contribution is 6.02. The van der Waals surface area contributed by atoms with Gasteiger partial charge in [-0.25, -0.2) is 4.39 Å². The number of halogens is 1. The first-order valence-electron chi connectivity index (χ1n) is 11.7. The number of benzene rings is 2. The topological polar surface area (TPSA) is 59.4 Å². The Balaban J connectivity index is 1.56. The van der Waals surface area contributed by atoms with Crippen LogP contribution in [-0.4, -0.2) is 19.3 Å². The summed E-state index contributed by atoms with van der Waals surface area (Å²) in [5, 5.41) is 15.8. The Morgan fingerprint density at radius 3 is 2.71 bits per heavy atom. The van der Waals surface area contributed by atoms with Gasteiger partial charge in [-0.15, -0.1) is 0 Å².